The summed E-state index contributed by atoms with van der Waals surface area (Å²) >= 11 is 0. The number of fused-ring (bicyclic) bond motifs is 4. The smallest absolute Gasteiger partial charge is 0.128 e. The van der Waals surface area contributed by atoms with Gasteiger partial charge in [-0.15, -0.1) is 0 Å². The highest BCUT2D eigenvalue weighted by Crippen LogP contribution is 2.48. The van der Waals surface area contributed by atoms with Crippen molar-refractivity contribution in [3.05, 3.63) is 145 Å². The summed E-state index contributed by atoms with van der Waals surface area (Å²) < 4.78 is 11.8. The highest BCUT2D eigenvalue weighted by Gasteiger charge is 2.27. The molecule has 56 heavy (non-hydrogen) atoms. The topological polar surface area (TPSA) is 83.0 Å². The normalized spacial score (nSPS) is 15.8. The van der Waals surface area contributed by atoms with Gasteiger partial charge in [-0.1, -0.05) is 122 Å². The standard InChI is InChI=1S/C50H46N2O4/c1-55-43-25-23-31-13-3-7-17-37(31)45(43)47-39-19-9-5-15-33(39)27-35(49(47)53)29-51-41-21-11-12-22-42(41)52-30-36-28-34-16-6-10-20-40(34)48(50(36)54)46-38-18-8-4-14-32(38)24-26-44(46)56-2/h3-10,13-20,23-28,41-42,51-54H,11-12,21-22,29-30H2,1-2H3/t41-,42?/m1/s1. The molecule has 1 saturated carbocycles. The van der Waals surface area contributed by atoms with Crippen LogP contribution >= 0.6 is 0 Å². The number of phenols is 2. The first-order chi connectivity index (χ1) is 27.5. The molecule has 4 N–H and O–H groups in total. The van der Waals surface area contributed by atoms with Crippen molar-refractivity contribution in [2.75, 3.05) is 14.2 Å². The zero-order valence-electron chi connectivity index (χ0n) is 31.8. The Bertz CT molecular complexity index is 2550. The summed E-state index contributed by atoms with van der Waals surface area (Å²) in [6.45, 7) is 1.01. The molecule has 0 bridgehead atoms. The molecule has 6 heteroatoms. The molecule has 280 valence electrons. The van der Waals surface area contributed by atoms with E-state index in [0.717, 1.165) is 114 Å². The Labute approximate surface area is 327 Å². The molecule has 1 fully saturated rings. The molecule has 6 nitrogen and oxygen atoms in total. The van der Waals surface area contributed by atoms with E-state index in [2.05, 4.69) is 83.4 Å². The lowest BCUT2D eigenvalue weighted by atomic mass is 9.88. The Balaban J connectivity index is 1.04. The minimum atomic E-state index is 0.172. The molecule has 1 unspecified atom stereocenters. The molecule has 0 saturated heterocycles. The molecule has 1 aliphatic carbocycles. The van der Waals surface area contributed by atoms with E-state index in [0.29, 0.717) is 13.1 Å². The molecular formula is C50H46N2O4. The van der Waals surface area contributed by atoms with Crippen LogP contribution in [-0.4, -0.2) is 36.5 Å². The quantitative estimate of drug-likeness (QED) is 0.112. The predicted molar refractivity (Wildman–Crippen MR) is 230 cm³/mol. The zero-order valence-corrected chi connectivity index (χ0v) is 31.8. The first-order valence-electron chi connectivity index (χ1n) is 19.6. The number of ether oxygens (including phenoxy) is 2. The number of benzene rings is 8. The van der Waals surface area contributed by atoms with E-state index in [1.54, 1.807) is 14.2 Å². The summed E-state index contributed by atoms with van der Waals surface area (Å²) in [6, 6.07) is 45.7. The largest absolute Gasteiger partial charge is 0.507 e. The van der Waals surface area contributed by atoms with Crippen molar-refractivity contribution in [2.45, 2.75) is 50.9 Å². The third-order valence-corrected chi connectivity index (χ3v) is 11.8. The number of methoxy groups -OCH3 is 2. The van der Waals surface area contributed by atoms with Crippen molar-refractivity contribution < 1.29 is 19.7 Å². The third kappa shape index (κ3) is 6.35. The second-order valence-electron chi connectivity index (χ2n) is 14.9. The zero-order chi connectivity index (χ0) is 38.2. The molecule has 9 rings (SSSR count). The highest BCUT2D eigenvalue weighted by molar-refractivity contribution is 6.11. The molecule has 0 heterocycles. The lowest BCUT2D eigenvalue weighted by Gasteiger charge is -2.33. The first kappa shape index (κ1) is 35.6. The first-order valence-corrected chi connectivity index (χ1v) is 19.6. The monoisotopic (exact) mass is 738 g/mol. The van der Waals surface area contributed by atoms with Crippen LogP contribution < -0.4 is 20.1 Å². The minimum Gasteiger partial charge on any atom is -0.507 e. The number of aromatic hydroxyl groups is 2. The van der Waals surface area contributed by atoms with E-state index in [4.69, 9.17) is 9.47 Å². The number of rotatable bonds is 10. The Morgan fingerprint density at radius 3 is 1.21 bits per heavy atom. The SMILES string of the molecule is COc1ccc2ccccc2c1-c1c(O)c(CNC2CCCC[C@H]2NCc2cc3ccccc3c(-c3c(OC)ccc4ccccc34)c2O)cc2ccccc12. The van der Waals surface area contributed by atoms with E-state index >= 15 is 0 Å². The van der Waals surface area contributed by atoms with Crippen LogP contribution in [0.5, 0.6) is 23.0 Å². The van der Waals surface area contributed by atoms with Gasteiger partial charge in [-0.05, 0) is 80.2 Å². The fourth-order valence-electron chi connectivity index (χ4n) is 9.03. The van der Waals surface area contributed by atoms with Gasteiger partial charge in [0.1, 0.15) is 23.0 Å². The second kappa shape index (κ2) is 15.2. The van der Waals surface area contributed by atoms with Gasteiger partial charge in [-0.3, -0.25) is 0 Å². The van der Waals surface area contributed by atoms with Crippen molar-refractivity contribution in [1.29, 1.82) is 0 Å². The van der Waals surface area contributed by atoms with E-state index < -0.39 is 0 Å². The van der Waals surface area contributed by atoms with Gasteiger partial charge in [0.25, 0.3) is 0 Å². The van der Waals surface area contributed by atoms with Crippen LogP contribution in [0.25, 0.3) is 65.3 Å². The molecule has 1 aliphatic rings. The summed E-state index contributed by atoms with van der Waals surface area (Å²) in [7, 11) is 3.38. The van der Waals surface area contributed by atoms with Gasteiger partial charge >= 0.3 is 0 Å². The lowest BCUT2D eigenvalue weighted by molar-refractivity contribution is 0.279. The Morgan fingerprint density at radius 1 is 0.464 bits per heavy atom. The Hall–Kier alpha value is -6.08. The van der Waals surface area contributed by atoms with Crippen LogP contribution in [0, 0.1) is 0 Å². The summed E-state index contributed by atoms with van der Waals surface area (Å²) in [5, 5.41) is 40.4. The van der Waals surface area contributed by atoms with Gasteiger partial charge in [-0.25, -0.2) is 0 Å². The van der Waals surface area contributed by atoms with Crippen molar-refractivity contribution in [3.63, 3.8) is 0 Å². The maximum absolute atomic E-state index is 12.2. The van der Waals surface area contributed by atoms with E-state index in [-0.39, 0.29) is 23.6 Å². The second-order valence-corrected chi connectivity index (χ2v) is 14.9. The van der Waals surface area contributed by atoms with Crippen LogP contribution in [0.4, 0.5) is 0 Å². The predicted octanol–water partition coefficient (Wildman–Crippen LogP) is 11.3. The van der Waals surface area contributed by atoms with E-state index in [1.165, 1.54) is 0 Å². The minimum absolute atomic E-state index is 0.172. The van der Waals surface area contributed by atoms with Crippen LogP contribution in [0.2, 0.25) is 0 Å². The van der Waals surface area contributed by atoms with Crippen LogP contribution in [-0.2, 0) is 13.1 Å². The van der Waals surface area contributed by atoms with Crippen molar-refractivity contribution in [2.24, 2.45) is 0 Å². The molecule has 0 aliphatic heterocycles. The Kier molecular flexibility index (Phi) is 9.68. The molecule has 8 aromatic rings. The lowest BCUT2D eigenvalue weighted by Crippen LogP contribution is -2.49. The Morgan fingerprint density at radius 2 is 0.821 bits per heavy atom. The molecule has 2 atom stereocenters. The van der Waals surface area contributed by atoms with E-state index in [9.17, 15) is 10.2 Å². The summed E-state index contributed by atoms with van der Waals surface area (Å²) in [4.78, 5) is 0. The van der Waals surface area contributed by atoms with Gasteiger partial charge in [0.05, 0.1) is 14.2 Å². The molecular weight excluding hydrogens is 693 g/mol. The molecule has 0 radical (unpaired) electrons. The number of phenolic OH excluding ortho intramolecular Hbond substituents is 2. The van der Waals surface area contributed by atoms with Crippen molar-refractivity contribution in [1.82, 2.24) is 10.6 Å². The maximum Gasteiger partial charge on any atom is 0.128 e. The maximum atomic E-state index is 12.2. The van der Waals surface area contributed by atoms with Crippen molar-refractivity contribution >= 4 is 43.1 Å². The van der Waals surface area contributed by atoms with Gasteiger partial charge in [0.15, 0.2) is 0 Å². The third-order valence-electron chi connectivity index (χ3n) is 11.8. The fourth-order valence-corrected chi connectivity index (χ4v) is 9.03. The van der Waals surface area contributed by atoms with Gasteiger partial charge in [0.2, 0.25) is 0 Å². The average Bonchev–Trinajstić information content (AvgIpc) is 3.25. The molecule has 8 aromatic carbocycles. The van der Waals surface area contributed by atoms with Gasteiger partial charge in [0, 0.05) is 58.6 Å². The molecule has 0 amide bonds. The average molecular weight is 739 g/mol. The van der Waals surface area contributed by atoms with Crippen LogP contribution in [0.3, 0.4) is 0 Å². The summed E-state index contributed by atoms with van der Waals surface area (Å²) in [5.74, 6) is 1.99. The van der Waals surface area contributed by atoms with Crippen LogP contribution in [0.1, 0.15) is 36.8 Å². The van der Waals surface area contributed by atoms with E-state index in [1.807, 2.05) is 60.7 Å². The number of hydrogen-bond acceptors (Lipinski definition) is 6. The fraction of sp³-hybridized carbons (Fsp3) is 0.200. The molecule has 0 aromatic heterocycles. The summed E-state index contributed by atoms with van der Waals surface area (Å²) in [5.41, 5.74) is 5.07. The van der Waals surface area contributed by atoms with Gasteiger partial charge < -0.3 is 30.3 Å². The summed E-state index contributed by atoms with van der Waals surface area (Å²) in [6.07, 6.45) is 4.28. The number of hydrogen-bond donors (Lipinski definition) is 4. The van der Waals surface area contributed by atoms with Crippen molar-refractivity contribution in [3.8, 4) is 45.3 Å². The van der Waals surface area contributed by atoms with Gasteiger partial charge in [-0.2, -0.15) is 0 Å². The highest BCUT2D eigenvalue weighted by atomic mass is 16.5. The molecule has 0 spiro atoms. The number of nitrogens with one attached hydrogen (secondary N) is 2. The van der Waals surface area contributed by atoms with Crippen LogP contribution in [0.15, 0.2) is 133 Å².